The van der Waals surface area contributed by atoms with Crippen LogP contribution in [0.4, 0.5) is 0 Å². The van der Waals surface area contributed by atoms with Gasteiger partial charge in [0.2, 0.25) is 0 Å². The van der Waals surface area contributed by atoms with Gasteiger partial charge in [-0.25, -0.2) is 0 Å². The zero-order valence-electron chi connectivity index (χ0n) is 10.7. The normalized spacial score (nSPS) is 34.9. The number of ketones is 1. The number of allylic oxidation sites excluding steroid dienone is 3. The van der Waals surface area contributed by atoms with E-state index in [9.17, 15) is 4.79 Å². The Morgan fingerprint density at radius 3 is 2.75 bits per heavy atom. The van der Waals surface area contributed by atoms with E-state index in [1.165, 1.54) is 17.6 Å². The third-order valence-electron chi connectivity index (χ3n) is 4.57. The second-order valence-electron chi connectivity index (χ2n) is 5.68. The van der Waals surface area contributed by atoms with Gasteiger partial charge in [0.15, 0.2) is 5.78 Å². The monoisotopic (exact) mass is 218 g/mol. The zero-order chi connectivity index (χ0) is 11.9. The highest BCUT2D eigenvalue weighted by atomic mass is 16.1. The molecule has 1 heteroatoms. The highest BCUT2D eigenvalue weighted by molar-refractivity contribution is 5.96. The summed E-state index contributed by atoms with van der Waals surface area (Å²) in [5.41, 5.74) is 3.71. The summed E-state index contributed by atoms with van der Waals surface area (Å²) in [5, 5.41) is 0. The minimum atomic E-state index is 0.361. The van der Waals surface area contributed by atoms with Crippen LogP contribution in [0.15, 0.2) is 23.3 Å². The van der Waals surface area contributed by atoms with Crippen molar-refractivity contribution in [2.24, 2.45) is 17.8 Å². The maximum Gasteiger partial charge on any atom is 0.159 e. The summed E-state index contributed by atoms with van der Waals surface area (Å²) in [6, 6.07) is 0. The van der Waals surface area contributed by atoms with Crippen LogP contribution in [-0.4, -0.2) is 5.78 Å². The van der Waals surface area contributed by atoms with Crippen molar-refractivity contribution in [3.05, 3.63) is 23.3 Å². The van der Waals surface area contributed by atoms with Crippen LogP contribution in [0.5, 0.6) is 0 Å². The average molecular weight is 218 g/mol. The van der Waals surface area contributed by atoms with Crippen LogP contribution < -0.4 is 0 Å². The number of hydrogen-bond donors (Lipinski definition) is 0. The Balaban J connectivity index is 2.33. The van der Waals surface area contributed by atoms with Gasteiger partial charge in [0.05, 0.1) is 0 Å². The van der Waals surface area contributed by atoms with E-state index in [-0.39, 0.29) is 0 Å². The number of carbonyl (C=O) groups excluding carboxylic acids is 1. The van der Waals surface area contributed by atoms with E-state index in [0.29, 0.717) is 24.0 Å². The fourth-order valence-corrected chi connectivity index (χ4v) is 3.27. The first-order valence-corrected chi connectivity index (χ1v) is 6.39. The second kappa shape index (κ2) is 4.20. The third kappa shape index (κ3) is 1.88. The molecule has 3 atom stereocenters. The molecule has 0 aromatic rings. The molecule has 0 amide bonds. The number of hydrogen-bond acceptors (Lipinski definition) is 1. The Hall–Kier alpha value is -0.850. The molecule has 2 aliphatic rings. The highest BCUT2D eigenvalue weighted by Crippen LogP contribution is 2.45. The minimum Gasteiger partial charge on any atom is -0.295 e. The molecule has 0 bridgehead atoms. The largest absolute Gasteiger partial charge is 0.295 e. The van der Waals surface area contributed by atoms with Crippen LogP contribution in [0.2, 0.25) is 0 Å². The van der Waals surface area contributed by atoms with Gasteiger partial charge in [0.1, 0.15) is 0 Å². The van der Waals surface area contributed by atoms with E-state index in [4.69, 9.17) is 0 Å². The smallest absolute Gasteiger partial charge is 0.159 e. The van der Waals surface area contributed by atoms with Crippen LogP contribution >= 0.6 is 0 Å². The average Bonchev–Trinajstić information content (AvgIpc) is 2.51. The van der Waals surface area contributed by atoms with Gasteiger partial charge in [-0.2, -0.15) is 0 Å². The summed E-state index contributed by atoms with van der Waals surface area (Å²) >= 11 is 0. The van der Waals surface area contributed by atoms with Crippen molar-refractivity contribution in [3.8, 4) is 0 Å². The van der Waals surface area contributed by atoms with Crippen molar-refractivity contribution in [3.63, 3.8) is 0 Å². The quantitative estimate of drug-likeness (QED) is 0.610. The number of fused-ring (bicyclic) bond motifs is 1. The molecule has 1 fully saturated rings. The highest BCUT2D eigenvalue weighted by Gasteiger charge is 2.36. The maximum atomic E-state index is 12.1. The molecule has 0 radical (unpaired) electrons. The van der Waals surface area contributed by atoms with Crippen molar-refractivity contribution < 1.29 is 4.79 Å². The van der Waals surface area contributed by atoms with Gasteiger partial charge < -0.3 is 0 Å². The lowest BCUT2D eigenvalue weighted by molar-refractivity contribution is -0.116. The molecule has 0 unspecified atom stereocenters. The molecule has 0 saturated heterocycles. The summed E-state index contributed by atoms with van der Waals surface area (Å²) < 4.78 is 0. The first-order valence-electron chi connectivity index (χ1n) is 6.39. The molecule has 0 aliphatic heterocycles. The molecule has 0 spiro atoms. The van der Waals surface area contributed by atoms with E-state index in [1.807, 2.05) is 6.92 Å². The lowest BCUT2D eigenvalue weighted by Gasteiger charge is -2.21. The molecular formula is C15H22O. The summed E-state index contributed by atoms with van der Waals surface area (Å²) in [7, 11) is 0. The molecule has 0 aromatic heterocycles. The molecule has 1 saturated carbocycles. The molecular weight excluding hydrogens is 196 g/mol. The number of rotatable bonds is 1. The van der Waals surface area contributed by atoms with Crippen LogP contribution in [-0.2, 0) is 4.79 Å². The van der Waals surface area contributed by atoms with Gasteiger partial charge in [0, 0.05) is 6.42 Å². The molecule has 0 heterocycles. The predicted molar refractivity (Wildman–Crippen MR) is 67.1 cm³/mol. The fraction of sp³-hybridized carbons (Fsp3) is 0.667. The molecule has 88 valence electrons. The number of carbonyl (C=O) groups is 1. The lowest BCUT2D eigenvalue weighted by atomic mass is 9.83. The first-order chi connectivity index (χ1) is 7.50. The van der Waals surface area contributed by atoms with Crippen molar-refractivity contribution in [1.82, 2.24) is 0 Å². The second-order valence-corrected chi connectivity index (χ2v) is 5.68. The van der Waals surface area contributed by atoms with Crippen LogP contribution in [0, 0.1) is 17.8 Å². The van der Waals surface area contributed by atoms with E-state index in [0.717, 1.165) is 24.3 Å². The Morgan fingerprint density at radius 1 is 1.44 bits per heavy atom. The van der Waals surface area contributed by atoms with Crippen molar-refractivity contribution in [2.75, 3.05) is 0 Å². The first kappa shape index (κ1) is 11.6. The zero-order valence-corrected chi connectivity index (χ0v) is 10.7. The Labute approximate surface area is 98.6 Å². The van der Waals surface area contributed by atoms with Gasteiger partial charge in [0.25, 0.3) is 0 Å². The van der Waals surface area contributed by atoms with Crippen LogP contribution in [0.1, 0.15) is 46.5 Å². The van der Waals surface area contributed by atoms with Gasteiger partial charge in [-0.15, -0.1) is 0 Å². The summed E-state index contributed by atoms with van der Waals surface area (Å²) in [6.45, 7) is 10.5. The maximum absolute atomic E-state index is 12.1. The lowest BCUT2D eigenvalue weighted by Crippen LogP contribution is -2.12. The predicted octanol–water partition coefficient (Wildman–Crippen LogP) is 3.90. The fourth-order valence-electron chi connectivity index (χ4n) is 3.27. The standard InChI is InChI=1S/C15H22O/c1-9(2)12-7-14-10(3)5-6-13(14)11(4)15(16)8-12/h10,12,14H,1,5-8H2,2-4H3/t10-,12-,14-/m1/s1. The van der Waals surface area contributed by atoms with E-state index < -0.39 is 0 Å². The molecule has 16 heavy (non-hydrogen) atoms. The third-order valence-corrected chi connectivity index (χ3v) is 4.57. The molecule has 2 aliphatic carbocycles. The van der Waals surface area contributed by atoms with Gasteiger partial charge in [-0.05, 0) is 56.4 Å². The Bertz CT molecular complexity index is 362. The van der Waals surface area contributed by atoms with Crippen LogP contribution in [0.25, 0.3) is 0 Å². The van der Waals surface area contributed by atoms with Crippen molar-refractivity contribution >= 4 is 5.78 Å². The van der Waals surface area contributed by atoms with Gasteiger partial charge >= 0.3 is 0 Å². The van der Waals surface area contributed by atoms with Crippen LogP contribution in [0.3, 0.4) is 0 Å². The summed E-state index contributed by atoms with van der Waals surface area (Å²) in [5.74, 6) is 2.16. The summed E-state index contributed by atoms with van der Waals surface area (Å²) in [4.78, 5) is 12.1. The molecule has 0 aromatic carbocycles. The molecule has 2 rings (SSSR count). The minimum absolute atomic E-state index is 0.361. The van der Waals surface area contributed by atoms with E-state index >= 15 is 0 Å². The van der Waals surface area contributed by atoms with Gasteiger partial charge in [-0.3, -0.25) is 4.79 Å². The van der Waals surface area contributed by atoms with Gasteiger partial charge in [-0.1, -0.05) is 24.6 Å². The Morgan fingerprint density at radius 2 is 2.12 bits per heavy atom. The SMILES string of the molecule is C=C(C)[C@H]1CC(=O)C(C)=C2CC[C@@H](C)[C@H]2C1. The topological polar surface area (TPSA) is 17.1 Å². The van der Waals surface area contributed by atoms with E-state index in [2.05, 4.69) is 20.4 Å². The summed E-state index contributed by atoms with van der Waals surface area (Å²) in [6.07, 6.45) is 4.24. The molecule has 1 nitrogen and oxygen atoms in total. The van der Waals surface area contributed by atoms with Crippen molar-refractivity contribution in [2.45, 2.75) is 46.5 Å². The van der Waals surface area contributed by atoms with E-state index in [1.54, 1.807) is 0 Å². The van der Waals surface area contributed by atoms with Crippen molar-refractivity contribution in [1.29, 1.82) is 0 Å². The Kier molecular flexibility index (Phi) is 3.05. The molecule has 0 N–H and O–H groups in total. The number of Topliss-reactive ketones (excluding diaryl/α,β-unsaturated/α-hetero) is 1.